The fraction of sp³-hybridized carbons (Fsp3) is 0.357. The van der Waals surface area contributed by atoms with Crippen LogP contribution in [0.25, 0.3) is 33.4 Å². The fourth-order valence-corrected chi connectivity index (χ4v) is 5.50. The number of likely N-dealkylation sites (tertiary alicyclic amines) is 1. The Balaban J connectivity index is 1.18. The minimum atomic E-state index is -0.0827. The predicted molar refractivity (Wildman–Crippen MR) is 140 cm³/mol. The van der Waals surface area contributed by atoms with E-state index in [0.717, 1.165) is 77.4 Å². The molecule has 7 nitrogen and oxygen atoms in total. The molecule has 0 bridgehead atoms. The van der Waals surface area contributed by atoms with Crippen LogP contribution in [-0.4, -0.2) is 51.4 Å². The van der Waals surface area contributed by atoms with Crippen LogP contribution in [0.1, 0.15) is 44.5 Å². The zero-order valence-electron chi connectivity index (χ0n) is 20.1. The van der Waals surface area contributed by atoms with E-state index in [2.05, 4.69) is 62.8 Å². The van der Waals surface area contributed by atoms with Crippen LogP contribution >= 0.6 is 0 Å². The first-order valence-electron chi connectivity index (χ1n) is 12.7. The highest BCUT2D eigenvalue weighted by Gasteiger charge is 2.27. The van der Waals surface area contributed by atoms with Gasteiger partial charge in [-0.15, -0.1) is 0 Å². The molecule has 1 amide bonds. The van der Waals surface area contributed by atoms with E-state index in [4.69, 9.17) is 4.98 Å². The summed E-state index contributed by atoms with van der Waals surface area (Å²) in [6, 6.07) is 17.1. The number of fused-ring (bicyclic) bond motifs is 1. The molecule has 2 aromatic carbocycles. The molecular weight excluding hydrogens is 436 g/mol. The van der Waals surface area contributed by atoms with Crippen LogP contribution in [0.5, 0.6) is 0 Å². The standard InChI is InChI=1S/C28H32N6O/c1-2-34-14-4-6-26(34)27-30-17-25(33-27)19-9-7-18(8-10-19)24-16-20-15-21(11-12-22(20)32-24)31-28(35)23-5-3-13-29-23/h7-12,15-17,23,26,29,32H,2-6,13-14H2,1H3,(H,30,33)(H,31,35)/t23?,26-/m0/s1. The summed E-state index contributed by atoms with van der Waals surface area (Å²) in [5.41, 5.74) is 6.26. The Kier molecular flexibility index (Phi) is 5.88. The molecule has 180 valence electrons. The summed E-state index contributed by atoms with van der Waals surface area (Å²) in [7, 11) is 0. The molecule has 7 heteroatoms. The molecule has 2 aliphatic rings. The molecule has 2 aliphatic heterocycles. The van der Waals surface area contributed by atoms with Crippen LogP contribution in [-0.2, 0) is 4.79 Å². The molecule has 2 saturated heterocycles. The smallest absolute Gasteiger partial charge is 0.241 e. The molecule has 2 atom stereocenters. The average molecular weight is 469 g/mol. The number of aromatic amines is 2. The quantitative estimate of drug-likeness (QED) is 0.318. The third-order valence-electron chi connectivity index (χ3n) is 7.45. The maximum absolute atomic E-state index is 12.4. The molecule has 35 heavy (non-hydrogen) atoms. The average Bonchev–Trinajstić information content (AvgIpc) is 3.69. The summed E-state index contributed by atoms with van der Waals surface area (Å²) in [5, 5.41) is 7.38. The molecule has 0 saturated carbocycles. The molecule has 1 unspecified atom stereocenters. The second-order valence-electron chi connectivity index (χ2n) is 9.67. The first kappa shape index (κ1) is 22.1. The molecule has 2 aromatic heterocycles. The van der Waals surface area contributed by atoms with Crippen LogP contribution in [0, 0.1) is 0 Å². The van der Waals surface area contributed by atoms with Crippen molar-refractivity contribution in [3.63, 3.8) is 0 Å². The number of amides is 1. The van der Waals surface area contributed by atoms with E-state index < -0.39 is 0 Å². The minimum absolute atomic E-state index is 0.0468. The number of rotatable bonds is 6. The summed E-state index contributed by atoms with van der Waals surface area (Å²) in [6.45, 7) is 5.35. The van der Waals surface area contributed by atoms with Crippen molar-refractivity contribution in [2.45, 2.75) is 44.7 Å². The third kappa shape index (κ3) is 4.37. The van der Waals surface area contributed by atoms with Crippen molar-refractivity contribution in [3.05, 3.63) is 60.6 Å². The van der Waals surface area contributed by atoms with E-state index in [1.807, 2.05) is 24.4 Å². The van der Waals surface area contributed by atoms with Gasteiger partial charge in [0.05, 0.1) is 24.0 Å². The van der Waals surface area contributed by atoms with Gasteiger partial charge >= 0.3 is 0 Å². The molecule has 4 aromatic rings. The Hall–Kier alpha value is -3.42. The van der Waals surface area contributed by atoms with Crippen LogP contribution in [0.2, 0.25) is 0 Å². The summed E-state index contributed by atoms with van der Waals surface area (Å²) < 4.78 is 0. The number of hydrogen-bond acceptors (Lipinski definition) is 4. The summed E-state index contributed by atoms with van der Waals surface area (Å²) in [5.74, 6) is 1.12. The largest absolute Gasteiger partial charge is 0.355 e. The number of carbonyl (C=O) groups is 1. The lowest BCUT2D eigenvalue weighted by Gasteiger charge is -2.20. The minimum Gasteiger partial charge on any atom is -0.355 e. The van der Waals surface area contributed by atoms with Crippen molar-refractivity contribution in [1.29, 1.82) is 0 Å². The van der Waals surface area contributed by atoms with E-state index >= 15 is 0 Å². The number of nitrogens with one attached hydrogen (secondary N) is 4. The van der Waals surface area contributed by atoms with Crippen molar-refractivity contribution in [1.82, 2.24) is 25.2 Å². The second kappa shape index (κ2) is 9.32. The Morgan fingerprint density at radius 3 is 2.63 bits per heavy atom. The Morgan fingerprint density at radius 2 is 1.86 bits per heavy atom. The van der Waals surface area contributed by atoms with Crippen LogP contribution < -0.4 is 10.6 Å². The van der Waals surface area contributed by atoms with Gasteiger partial charge in [-0.25, -0.2) is 4.98 Å². The van der Waals surface area contributed by atoms with Crippen molar-refractivity contribution in [2.24, 2.45) is 0 Å². The van der Waals surface area contributed by atoms with Gasteiger partial charge in [0.15, 0.2) is 0 Å². The van der Waals surface area contributed by atoms with Crippen molar-refractivity contribution in [3.8, 4) is 22.5 Å². The third-order valence-corrected chi connectivity index (χ3v) is 7.45. The number of hydrogen-bond donors (Lipinski definition) is 4. The van der Waals surface area contributed by atoms with Gasteiger partial charge in [-0.3, -0.25) is 9.69 Å². The van der Waals surface area contributed by atoms with Crippen LogP contribution in [0.3, 0.4) is 0 Å². The monoisotopic (exact) mass is 468 g/mol. The zero-order valence-corrected chi connectivity index (χ0v) is 20.1. The van der Waals surface area contributed by atoms with Gasteiger partial charge in [-0.2, -0.15) is 0 Å². The van der Waals surface area contributed by atoms with E-state index in [1.165, 1.54) is 12.8 Å². The normalized spacial score (nSPS) is 20.6. The van der Waals surface area contributed by atoms with E-state index in [1.54, 1.807) is 0 Å². The van der Waals surface area contributed by atoms with Gasteiger partial charge in [-0.05, 0) is 80.7 Å². The zero-order chi connectivity index (χ0) is 23.8. The van der Waals surface area contributed by atoms with Crippen LogP contribution in [0.4, 0.5) is 5.69 Å². The van der Waals surface area contributed by atoms with Crippen molar-refractivity contribution < 1.29 is 4.79 Å². The van der Waals surface area contributed by atoms with Gasteiger partial charge in [0, 0.05) is 22.3 Å². The lowest BCUT2D eigenvalue weighted by atomic mass is 10.1. The number of aromatic nitrogens is 3. The number of imidazole rings is 1. The predicted octanol–water partition coefficient (Wildman–Crippen LogP) is 5.07. The van der Waals surface area contributed by atoms with Crippen LogP contribution in [0.15, 0.2) is 54.7 Å². The number of benzene rings is 2. The molecule has 0 spiro atoms. The maximum atomic E-state index is 12.4. The summed E-state index contributed by atoms with van der Waals surface area (Å²) in [4.78, 5) is 26.7. The number of nitrogens with zero attached hydrogens (tertiary/aromatic N) is 2. The topological polar surface area (TPSA) is 88.8 Å². The van der Waals surface area contributed by atoms with Gasteiger partial charge in [0.25, 0.3) is 0 Å². The first-order chi connectivity index (χ1) is 17.2. The lowest BCUT2D eigenvalue weighted by Crippen LogP contribution is -2.35. The van der Waals surface area contributed by atoms with Gasteiger partial charge in [0.2, 0.25) is 5.91 Å². The number of H-pyrrole nitrogens is 2. The highest BCUT2D eigenvalue weighted by atomic mass is 16.2. The maximum Gasteiger partial charge on any atom is 0.241 e. The highest BCUT2D eigenvalue weighted by Crippen LogP contribution is 2.32. The molecule has 4 N–H and O–H groups in total. The molecular formula is C28H32N6O. The van der Waals surface area contributed by atoms with E-state index in [0.29, 0.717) is 6.04 Å². The van der Waals surface area contributed by atoms with Crippen molar-refractivity contribution in [2.75, 3.05) is 25.0 Å². The number of carbonyl (C=O) groups excluding carboxylic acids is 1. The molecule has 2 fully saturated rings. The molecule has 6 rings (SSSR count). The van der Waals surface area contributed by atoms with Crippen molar-refractivity contribution >= 4 is 22.5 Å². The molecule has 0 aliphatic carbocycles. The number of anilines is 1. The second-order valence-corrected chi connectivity index (χ2v) is 9.67. The highest BCUT2D eigenvalue weighted by molar-refractivity contribution is 5.97. The molecule has 4 heterocycles. The Morgan fingerprint density at radius 1 is 1.03 bits per heavy atom. The summed E-state index contributed by atoms with van der Waals surface area (Å²) >= 11 is 0. The van der Waals surface area contributed by atoms with E-state index in [9.17, 15) is 4.79 Å². The van der Waals surface area contributed by atoms with Gasteiger partial charge < -0.3 is 20.6 Å². The molecule has 0 radical (unpaired) electrons. The Labute approximate surface area is 205 Å². The van der Waals surface area contributed by atoms with E-state index in [-0.39, 0.29) is 11.9 Å². The fourth-order valence-electron chi connectivity index (χ4n) is 5.50. The summed E-state index contributed by atoms with van der Waals surface area (Å²) in [6.07, 6.45) is 6.31. The first-order valence-corrected chi connectivity index (χ1v) is 12.7. The SMILES string of the molecule is CCN1CCC[C@H]1c1ncc(-c2ccc(-c3cc4cc(NC(=O)C5CCCN5)ccc4[nH]3)cc2)[nH]1. The van der Waals surface area contributed by atoms with Gasteiger partial charge in [0.1, 0.15) is 5.82 Å². The van der Waals surface area contributed by atoms with Gasteiger partial charge in [-0.1, -0.05) is 31.2 Å². The Bertz CT molecular complexity index is 1330. The lowest BCUT2D eigenvalue weighted by molar-refractivity contribution is -0.117.